The third-order valence-electron chi connectivity index (χ3n) is 2.41. The van der Waals surface area contributed by atoms with E-state index in [1.807, 2.05) is 20.8 Å². The summed E-state index contributed by atoms with van der Waals surface area (Å²) in [6.45, 7) is 6.09. The van der Waals surface area contributed by atoms with Crippen molar-refractivity contribution in [3.05, 3.63) is 16.3 Å². The summed E-state index contributed by atoms with van der Waals surface area (Å²) in [7, 11) is -3.42. The summed E-state index contributed by atoms with van der Waals surface area (Å²) in [6, 6.07) is 1.49. The number of hydrogen-bond donors (Lipinski definition) is 1. The van der Waals surface area contributed by atoms with Crippen LogP contribution >= 0.6 is 11.3 Å². The number of aliphatic hydroxyl groups excluding tert-OH is 1. The van der Waals surface area contributed by atoms with Crippen LogP contribution in [0.5, 0.6) is 0 Å². The molecule has 0 amide bonds. The molecule has 0 fully saturated rings. The Bertz CT molecular complexity index is 451. The Labute approximate surface area is 107 Å². The maximum atomic E-state index is 12.3. The smallest absolute Gasteiger partial charge is 0.244 e. The second kappa shape index (κ2) is 5.95. The van der Waals surface area contributed by atoms with Gasteiger partial charge < -0.3 is 5.11 Å². The molecule has 1 aromatic heterocycles. The van der Waals surface area contributed by atoms with Crippen molar-refractivity contribution in [2.75, 3.05) is 6.54 Å². The number of thiophene rings is 1. The monoisotopic (exact) mass is 277 g/mol. The summed E-state index contributed by atoms with van der Waals surface area (Å²) in [5.41, 5.74) is 0. The van der Waals surface area contributed by atoms with Crippen molar-refractivity contribution >= 4 is 21.4 Å². The van der Waals surface area contributed by atoms with E-state index >= 15 is 0 Å². The molecule has 0 aliphatic heterocycles. The van der Waals surface area contributed by atoms with Gasteiger partial charge in [-0.3, -0.25) is 0 Å². The number of aliphatic hydroxyl groups is 1. The van der Waals surface area contributed by atoms with Gasteiger partial charge in [0.15, 0.2) is 0 Å². The van der Waals surface area contributed by atoms with Crippen molar-refractivity contribution in [2.45, 2.75) is 44.7 Å². The molecule has 0 spiro atoms. The highest BCUT2D eigenvalue weighted by molar-refractivity contribution is 7.89. The fraction of sp³-hybridized carbons (Fsp3) is 0.636. The van der Waals surface area contributed by atoms with Crippen LogP contribution in [0.15, 0.2) is 16.3 Å². The molecule has 0 unspecified atom stereocenters. The average molecular weight is 277 g/mol. The first kappa shape index (κ1) is 14.6. The maximum Gasteiger partial charge on any atom is 0.244 e. The lowest BCUT2D eigenvalue weighted by atomic mass is 10.4. The van der Waals surface area contributed by atoms with E-state index in [4.69, 9.17) is 5.11 Å². The van der Waals surface area contributed by atoms with Gasteiger partial charge in [-0.25, -0.2) is 8.42 Å². The second-order valence-electron chi connectivity index (χ2n) is 4.12. The molecule has 98 valence electrons. The van der Waals surface area contributed by atoms with Crippen LogP contribution in [0.25, 0.3) is 0 Å². The SMILES string of the molecule is CCCN(C(C)C)S(=O)(=O)c1csc(CO)c1. The van der Waals surface area contributed by atoms with Crippen molar-refractivity contribution in [2.24, 2.45) is 0 Å². The summed E-state index contributed by atoms with van der Waals surface area (Å²) in [5.74, 6) is 0. The summed E-state index contributed by atoms with van der Waals surface area (Å²) in [6.07, 6.45) is 0.786. The first-order valence-electron chi connectivity index (χ1n) is 5.63. The molecule has 0 atom stereocenters. The Morgan fingerprint density at radius 1 is 1.47 bits per heavy atom. The molecule has 0 aliphatic rings. The van der Waals surface area contributed by atoms with Gasteiger partial charge in [-0.15, -0.1) is 11.3 Å². The predicted molar refractivity (Wildman–Crippen MR) is 69.6 cm³/mol. The fourth-order valence-electron chi connectivity index (χ4n) is 1.59. The van der Waals surface area contributed by atoms with Gasteiger partial charge in [0.05, 0.1) is 11.5 Å². The van der Waals surface area contributed by atoms with Crippen molar-refractivity contribution < 1.29 is 13.5 Å². The lowest BCUT2D eigenvalue weighted by molar-refractivity contribution is 0.285. The number of sulfonamides is 1. The van der Waals surface area contributed by atoms with Crippen molar-refractivity contribution in [1.82, 2.24) is 4.31 Å². The highest BCUT2D eigenvalue weighted by Crippen LogP contribution is 2.24. The van der Waals surface area contributed by atoms with E-state index in [-0.39, 0.29) is 17.5 Å². The van der Waals surface area contributed by atoms with Gasteiger partial charge in [0, 0.05) is 22.8 Å². The zero-order chi connectivity index (χ0) is 13.1. The molecule has 0 aromatic carbocycles. The van der Waals surface area contributed by atoms with E-state index in [2.05, 4.69) is 0 Å². The minimum atomic E-state index is -3.42. The molecule has 1 heterocycles. The van der Waals surface area contributed by atoms with E-state index < -0.39 is 10.0 Å². The Kier molecular flexibility index (Phi) is 5.12. The van der Waals surface area contributed by atoms with Crippen LogP contribution in [0.3, 0.4) is 0 Å². The molecule has 1 N–H and O–H groups in total. The van der Waals surface area contributed by atoms with E-state index in [1.165, 1.54) is 15.6 Å². The standard InChI is InChI=1S/C11H19NO3S2/c1-4-5-12(9(2)3)17(14,15)11-6-10(7-13)16-8-11/h6,8-9,13H,4-5,7H2,1-3H3. The van der Waals surface area contributed by atoms with Gasteiger partial charge in [0.2, 0.25) is 10.0 Å². The van der Waals surface area contributed by atoms with Crippen LogP contribution in [0, 0.1) is 0 Å². The molecular weight excluding hydrogens is 258 g/mol. The number of nitrogens with zero attached hydrogens (tertiary/aromatic N) is 1. The third kappa shape index (κ3) is 3.28. The Balaban J connectivity index is 3.07. The molecule has 1 aromatic rings. The molecule has 6 heteroatoms. The van der Waals surface area contributed by atoms with Gasteiger partial charge in [0.25, 0.3) is 0 Å². The van der Waals surface area contributed by atoms with Gasteiger partial charge >= 0.3 is 0 Å². The number of rotatable bonds is 6. The van der Waals surface area contributed by atoms with E-state index in [0.29, 0.717) is 11.4 Å². The van der Waals surface area contributed by atoms with E-state index in [9.17, 15) is 8.42 Å². The van der Waals surface area contributed by atoms with Gasteiger partial charge in [-0.2, -0.15) is 4.31 Å². The molecule has 0 radical (unpaired) electrons. The zero-order valence-electron chi connectivity index (χ0n) is 10.4. The van der Waals surface area contributed by atoms with Gasteiger partial charge in [-0.05, 0) is 26.3 Å². The van der Waals surface area contributed by atoms with Crippen LogP contribution < -0.4 is 0 Å². The normalized spacial score (nSPS) is 12.6. The van der Waals surface area contributed by atoms with Crippen LogP contribution in [0.1, 0.15) is 32.1 Å². The highest BCUT2D eigenvalue weighted by atomic mass is 32.2. The Morgan fingerprint density at radius 2 is 2.12 bits per heavy atom. The zero-order valence-corrected chi connectivity index (χ0v) is 12.0. The molecule has 17 heavy (non-hydrogen) atoms. The summed E-state index contributed by atoms with van der Waals surface area (Å²) < 4.78 is 26.2. The average Bonchev–Trinajstić information content (AvgIpc) is 2.74. The third-order valence-corrected chi connectivity index (χ3v) is 5.54. The molecule has 4 nitrogen and oxygen atoms in total. The molecule has 0 saturated carbocycles. The van der Waals surface area contributed by atoms with Crippen LogP contribution in [-0.4, -0.2) is 30.4 Å². The van der Waals surface area contributed by atoms with Gasteiger partial charge in [-0.1, -0.05) is 6.92 Å². The van der Waals surface area contributed by atoms with E-state index in [1.54, 1.807) is 11.4 Å². The summed E-state index contributed by atoms with van der Waals surface area (Å²) in [4.78, 5) is 0.956. The Morgan fingerprint density at radius 3 is 2.53 bits per heavy atom. The van der Waals surface area contributed by atoms with Crippen molar-refractivity contribution in [3.63, 3.8) is 0 Å². The number of hydrogen-bond acceptors (Lipinski definition) is 4. The van der Waals surface area contributed by atoms with Crippen LogP contribution in [0.2, 0.25) is 0 Å². The topological polar surface area (TPSA) is 57.6 Å². The summed E-state index contributed by atoms with van der Waals surface area (Å²) >= 11 is 1.27. The largest absolute Gasteiger partial charge is 0.391 e. The fourth-order valence-corrected chi connectivity index (χ4v) is 4.44. The highest BCUT2D eigenvalue weighted by Gasteiger charge is 2.27. The molecule has 0 saturated heterocycles. The Hall–Kier alpha value is -0.430. The van der Waals surface area contributed by atoms with Crippen LogP contribution in [-0.2, 0) is 16.6 Å². The first-order valence-corrected chi connectivity index (χ1v) is 7.95. The molecule has 0 aliphatic carbocycles. The lowest BCUT2D eigenvalue weighted by Crippen LogP contribution is -2.37. The quantitative estimate of drug-likeness (QED) is 0.866. The second-order valence-corrected chi connectivity index (χ2v) is 7.00. The summed E-state index contributed by atoms with van der Waals surface area (Å²) in [5, 5.41) is 10.6. The predicted octanol–water partition coefficient (Wildman–Crippen LogP) is 2.05. The van der Waals surface area contributed by atoms with Crippen molar-refractivity contribution in [1.29, 1.82) is 0 Å². The maximum absolute atomic E-state index is 12.3. The molecular formula is C11H19NO3S2. The lowest BCUT2D eigenvalue weighted by Gasteiger charge is -2.24. The minimum Gasteiger partial charge on any atom is -0.391 e. The van der Waals surface area contributed by atoms with E-state index in [0.717, 1.165) is 6.42 Å². The molecule has 1 rings (SSSR count). The first-order chi connectivity index (χ1) is 7.93. The van der Waals surface area contributed by atoms with Crippen LogP contribution in [0.4, 0.5) is 0 Å². The molecule has 0 bridgehead atoms. The minimum absolute atomic E-state index is 0.0579. The van der Waals surface area contributed by atoms with Crippen molar-refractivity contribution in [3.8, 4) is 0 Å². The van der Waals surface area contributed by atoms with Gasteiger partial charge in [0.1, 0.15) is 0 Å².